The number of hydrogen-bond donors (Lipinski definition) is 1. The molecule has 1 aliphatic rings. The fourth-order valence-corrected chi connectivity index (χ4v) is 3.51. The summed E-state index contributed by atoms with van der Waals surface area (Å²) in [6.07, 6.45) is 0.675. The van der Waals surface area contributed by atoms with Crippen molar-refractivity contribution in [1.82, 2.24) is 4.90 Å². The van der Waals surface area contributed by atoms with Gasteiger partial charge in [-0.15, -0.1) is 0 Å². The van der Waals surface area contributed by atoms with Crippen LogP contribution in [0.5, 0.6) is 11.5 Å². The monoisotopic (exact) mass is 442 g/mol. The first kappa shape index (κ1) is 22.7. The Hall–Kier alpha value is -2.99. The van der Waals surface area contributed by atoms with Crippen LogP contribution in [0.3, 0.4) is 0 Å². The minimum atomic E-state index is -0.353. The number of methoxy groups -OCH3 is 1. The molecule has 0 radical (unpaired) electrons. The van der Waals surface area contributed by atoms with E-state index in [1.54, 1.807) is 30.3 Å². The number of nitrogens with one attached hydrogen (secondary N) is 1. The molecule has 6 nitrogen and oxygen atoms in total. The predicted octanol–water partition coefficient (Wildman–Crippen LogP) is 4.99. The number of carbonyl (C=O) groups is 2. The van der Waals surface area contributed by atoms with Gasteiger partial charge in [0.25, 0.3) is 11.8 Å². The van der Waals surface area contributed by atoms with E-state index in [9.17, 15) is 9.59 Å². The summed E-state index contributed by atoms with van der Waals surface area (Å²) in [4.78, 5) is 27.4. The Kier molecular flexibility index (Phi) is 7.23. The van der Waals surface area contributed by atoms with E-state index >= 15 is 0 Å². The van der Waals surface area contributed by atoms with Crippen LogP contribution in [0.15, 0.2) is 48.2 Å². The molecule has 0 aromatic heterocycles. The highest BCUT2D eigenvalue weighted by atomic mass is 35.5. The lowest BCUT2D eigenvalue weighted by atomic mass is 10.0. The Morgan fingerprint density at radius 2 is 1.77 bits per heavy atom. The highest BCUT2D eigenvalue weighted by molar-refractivity contribution is 6.36. The van der Waals surface area contributed by atoms with Crippen LogP contribution < -0.4 is 14.8 Å². The van der Waals surface area contributed by atoms with E-state index in [-0.39, 0.29) is 17.5 Å². The Balaban J connectivity index is 1.96. The molecule has 0 fully saturated rings. The molecule has 0 aliphatic carbocycles. The molecule has 0 unspecified atom stereocenters. The summed E-state index contributed by atoms with van der Waals surface area (Å²) in [5, 5.41) is 3.51. The minimum Gasteiger partial charge on any atom is -0.495 e. The normalized spacial score (nSPS) is 13.9. The van der Waals surface area contributed by atoms with Crippen molar-refractivity contribution in [2.75, 3.05) is 25.6 Å². The first-order valence-corrected chi connectivity index (χ1v) is 10.7. The molecule has 0 saturated carbocycles. The van der Waals surface area contributed by atoms with E-state index in [0.717, 1.165) is 5.75 Å². The van der Waals surface area contributed by atoms with Crippen LogP contribution in [0.4, 0.5) is 5.69 Å². The second-order valence-corrected chi connectivity index (χ2v) is 8.12. The van der Waals surface area contributed by atoms with Crippen LogP contribution >= 0.6 is 11.6 Å². The van der Waals surface area contributed by atoms with Crippen molar-refractivity contribution >= 4 is 34.7 Å². The SMILES string of the molecule is CCCN1C(=O)C(Nc2ccc(OC)c(Cl)c2)=C(c2ccc(OCC(C)C)cc2)C1=O. The van der Waals surface area contributed by atoms with Crippen molar-refractivity contribution in [3.8, 4) is 11.5 Å². The van der Waals surface area contributed by atoms with Crippen LogP contribution in [0.2, 0.25) is 5.02 Å². The van der Waals surface area contributed by atoms with E-state index in [0.29, 0.717) is 53.1 Å². The van der Waals surface area contributed by atoms with Gasteiger partial charge in [-0.3, -0.25) is 14.5 Å². The van der Waals surface area contributed by atoms with E-state index in [1.165, 1.54) is 12.0 Å². The first-order chi connectivity index (χ1) is 14.8. The molecular weight excluding hydrogens is 416 g/mol. The van der Waals surface area contributed by atoms with Crippen molar-refractivity contribution in [3.05, 3.63) is 58.7 Å². The van der Waals surface area contributed by atoms with Gasteiger partial charge in [0.1, 0.15) is 17.2 Å². The standard InChI is InChI=1S/C24H27ClN2O4/c1-5-12-27-23(28)21(16-6-9-18(10-7-16)31-14-15(2)3)22(24(27)29)26-17-8-11-20(30-4)19(25)13-17/h6-11,13,15,26H,5,12,14H2,1-4H3. The van der Waals surface area contributed by atoms with Gasteiger partial charge in [-0.1, -0.05) is 44.5 Å². The number of amides is 2. The molecule has 31 heavy (non-hydrogen) atoms. The summed E-state index contributed by atoms with van der Waals surface area (Å²) in [6, 6.07) is 12.3. The second-order valence-electron chi connectivity index (χ2n) is 7.72. The number of halogens is 1. The molecule has 0 spiro atoms. The summed E-state index contributed by atoms with van der Waals surface area (Å²) < 4.78 is 10.9. The van der Waals surface area contributed by atoms with Gasteiger partial charge in [-0.05, 0) is 48.2 Å². The van der Waals surface area contributed by atoms with E-state index in [2.05, 4.69) is 19.2 Å². The highest BCUT2D eigenvalue weighted by Gasteiger charge is 2.38. The topological polar surface area (TPSA) is 67.9 Å². The Morgan fingerprint density at radius 1 is 1.06 bits per heavy atom. The molecule has 3 rings (SSSR count). The molecule has 164 valence electrons. The van der Waals surface area contributed by atoms with Gasteiger partial charge in [0.05, 0.1) is 24.3 Å². The van der Waals surface area contributed by atoms with Crippen LogP contribution in [0.1, 0.15) is 32.8 Å². The maximum Gasteiger partial charge on any atom is 0.278 e. The van der Waals surface area contributed by atoms with Gasteiger partial charge >= 0.3 is 0 Å². The number of nitrogens with zero attached hydrogens (tertiary/aromatic N) is 1. The van der Waals surface area contributed by atoms with Crippen LogP contribution in [0, 0.1) is 5.92 Å². The lowest BCUT2D eigenvalue weighted by molar-refractivity contribution is -0.136. The Morgan fingerprint density at radius 3 is 2.35 bits per heavy atom. The van der Waals surface area contributed by atoms with Gasteiger partial charge in [0, 0.05) is 12.2 Å². The molecule has 1 aliphatic heterocycles. The largest absolute Gasteiger partial charge is 0.495 e. The molecule has 2 aromatic carbocycles. The van der Waals surface area contributed by atoms with E-state index in [4.69, 9.17) is 21.1 Å². The summed E-state index contributed by atoms with van der Waals surface area (Å²) in [5.74, 6) is 0.987. The van der Waals surface area contributed by atoms with E-state index < -0.39 is 0 Å². The smallest absolute Gasteiger partial charge is 0.278 e. The van der Waals surface area contributed by atoms with Gasteiger partial charge in [0.2, 0.25) is 0 Å². The molecule has 2 aromatic rings. The zero-order valence-corrected chi connectivity index (χ0v) is 19.0. The summed E-state index contributed by atoms with van der Waals surface area (Å²) in [5.41, 5.74) is 1.81. The summed E-state index contributed by atoms with van der Waals surface area (Å²) in [6.45, 7) is 7.04. The molecule has 1 heterocycles. The number of benzene rings is 2. The average Bonchev–Trinajstić information content (AvgIpc) is 2.97. The third-order valence-electron chi connectivity index (χ3n) is 4.76. The maximum absolute atomic E-state index is 13.1. The third kappa shape index (κ3) is 5.02. The lowest BCUT2D eigenvalue weighted by Gasteiger charge is -2.14. The number of carbonyl (C=O) groups excluding carboxylic acids is 2. The van der Waals surface area contributed by atoms with Crippen molar-refractivity contribution < 1.29 is 19.1 Å². The zero-order valence-electron chi connectivity index (χ0n) is 18.2. The first-order valence-electron chi connectivity index (χ1n) is 10.3. The van der Waals surface area contributed by atoms with Crippen molar-refractivity contribution in [2.45, 2.75) is 27.2 Å². The number of hydrogen-bond acceptors (Lipinski definition) is 5. The molecular formula is C24H27ClN2O4. The fraction of sp³-hybridized carbons (Fsp3) is 0.333. The van der Waals surface area contributed by atoms with E-state index in [1.807, 2.05) is 19.1 Å². The fourth-order valence-electron chi connectivity index (χ4n) is 3.26. The highest BCUT2D eigenvalue weighted by Crippen LogP contribution is 2.33. The number of imide groups is 1. The molecule has 2 amide bonds. The zero-order chi connectivity index (χ0) is 22.5. The van der Waals surface area contributed by atoms with Crippen molar-refractivity contribution in [3.63, 3.8) is 0 Å². The van der Waals surface area contributed by atoms with Crippen LogP contribution in [-0.4, -0.2) is 37.0 Å². The predicted molar refractivity (Wildman–Crippen MR) is 122 cm³/mol. The van der Waals surface area contributed by atoms with Crippen LogP contribution in [-0.2, 0) is 9.59 Å². The van der Waals surface area contributed by atoms with Crippen molar-refractivity contribution in [2.24, 2.45) is 5.92 Å². The Labute approximate surface area is 187 Å². The molecule has 0 bridgehead atoms. The molecule has 0 saturated heterocycles. The molecule has 7 heteroatoms. The van der Waals surface area contributed by atoms with Gasteiger partial charge in [-0.2, -0.15) is 0 Å². The van der Waals surface area contributed by atoms with Crippen molar-refractivity contribution in [1.29, 1.82) is 0 Å². The lowest BCUT2D eigenvalue weighted by Crippen LogP contribution is -2.33. The number of ether oxygens (including phenoxy) is 2. The van der Waals surface area contributed by atoms with Gasteiger partial charge < -0.3 is 14.8 Å². The van der Waals surface area contributed by atoms with Gasteiger partial charge in [-0.25, -0.2) is 0 Å². The summed E-state index contributed by atoms with van der Waals surface area (Å²) >= 11 is 6.22. The number of anilines is 1. The Bertz CT molecular complexity index is 999. The molecule has 1 N–H and O–H groups in total. The quantitative estimate of drug-likeness (QED) is 0.554. The molecule has 0 atom stereocenters. The number of rotatable bonds is 9. The van der Waals surface area contributed by atoms with Gasteiger partial charge in [0.15, 0.2) is 0 Å². The minimum absolute atomic E-state index is 0.232. The summed E-state index contributed by atoms with van der Waals surface area (Å²) in [7, 11) is 1.53. The maximum atomic E-state index is 13.1. The second kappa shape index (κ2) is 9.88. The third-order valence-corrected chi connectivity index (χ3v) is 5.06. The van der Waals surface area contributed by atoms with Crippen LogP contribution in [0.25, 0.3) is 5.57 Å². The average molecular weight is 443 g/mol.